The van der Waals surface area contributed by atoms with Crippen LogP contribution >= 0.6 is 0 Å². The van der Waals surface area contributed by atoms with Gasteiger partial charge in [0.05, 0.1) is 12.3 Å². The maximum absolute atomic E-state index is 10.5. The molecule has 1 saturated heterocycles. The molecule has 0 radical (unpaired) electrons. The van der Waals surface area contributed by atoms with Crippen molar-refractivity contribution in [3.8, 4) is 0 Å². The highest BCUT2D eigenvalue weighted by atomic mass is 16.3. The Labute approximate surface area is 116 Å². The summed E-state index contributed by atoms with van der Waals surface area (Å²) >= 11 is 0. The molecule has 108 valence electrons. The molecule has 0 aliphatic carbocycles. The molecule has 0 saturated carbocycles. The van der Waals surface area contributed by atoms with Crippen molar-refractivity contribution in [3.63, 3.8) is 0 Å². The molecule has 0 spiro atoms. The van der Waals surface area contributed by atoms with E-state index in [-0.39, 0.29) is 11.6 Å². The molecule has 1 N–H and O–H groups in total. The van der Waals surface area contributed by atoms with Crippen LogP contribution in [-0.4, -0.2) is 44.5 Å². The van der Waals surface area contributed by atoms with Crippen LogP contribution in [0.15, 0.2) is 12.4 Å². The highest BCUT2D eigenvalue weighted by Crippen LogP contribution is 2.26. The topological polar surface area (TPSA) is 41.3 Å². The Kier molecular flexibility index (Phi) is 4.63. The van der Waals surface area contributed by atoms with Gasteiger partial charge in [-0.1, -0.05) is 6.42 Å². The molecule has 1 aromatic rings. The van der Waals surface area contributed by atoms with E-state index < -0.39 is 0 Å². The Hall–Kier alpha value is -0.870. The zero-order valence-electron chi connectivity index (χ0n) is 12.5. The molecule has 1 atom stereocenters. The van der Waals surface area contributed by atoms with Gasteiger partial charge in [-0.15, -0.1) is 0 Å². The molecule has 2 rings (SSSR count). The molecule has 2 heterocycles. The number of piperidine rings is 1. The van der Waals surface area contributed by atoms with Crippen molar-refractivity contribution < 1.29 is 5.11 Å². The van der Waals surface area contributed by atoms with Gasteiger partial charge in [0.15, 0.2) is 0 Å². The van der Waals surface area contributed by atoms with E-state index >= 15 is 0 Å². The summed E-state index contributed by atoms with van der Waals surface area (Å²) in [5, 5.41) is 14.7. The normalized spacial score (nSPS) is 19.6. The van der Waals surface area contributed by atoms with Crippen LogP contribution in [-0.2, 0) is 13.5 Å². The van der Waals surface area contributed by atoms with Crippen molar-refractivity contribution in [2.45, 2.75) is 57.6 Å². The summed E-state index contributed by atoms with van der Waals surface area (Å²) in [6, 6.07) is 0. The van der Waals surface area contributed by atoms with E-state index in [0.717, 1.165) is 25.9 Å². The fourth-order valence-electron chi connectivity index (χ4n) is 2.94. The number of rotatable bonds is 5. The number of hydrogen-bond acceptors (Lipinski definition) is 3. The summed E-state index contributed by atoms with van der Waals surface area (Å²) < 4.78 is 1.82. The van der Waals surface area contributed by atoms with Crippen molar-refractivity contribution in [3.05, 3.63) is 18.0 Å². The van der Waals surface area contributed by atoms with Crippen molar-refractivity contribution >= 4 is 0 Å². The summed E-state index contributed by atoms with van der Waals surface area (Å²) in [7, 11) is 1.93. The first-order valence-corrected chi connectivity index (χ1v) is 7.41. The van der Waals surface area contributed by atoms with Gasteiger partial charge < -0.3 is 5.11 Å². The van der Waals surface area contributed by atoms with Crippen LogP contribution in [0, 0.1) is 0 Å². The quantitative estimate of drug-likeness (QED) is 0.885. The number of aromatic nitrogens is 2. The van der Waals surface area contributed by atoms with Gasteiger partial charge in [0.1, 0.15) is 0 Å². The Morgan fingerprint density at radius 3 is 2.58 bits per heavy atom. The van der Waals surface area contributed by atoms with Crippen LogP contribution in [0.2, 0.25) is 0 Å². The van der Waals surface area contributed by atoms with Crippen molar-refractivity contribution in [1.29, 1.82) is 0 Å². The fourth-order valence-corrected chi connectivity index (χ4v) is 2.94. The lowest BCUT2D eigenvalue weighted by Crippen LogP contribution is -2.54. The van der Waals surface area contributed by atoms with Gasteiger partial charge in [-0.2, -0.15) is 5.10 Å². The van der Waals surface area contributed by atoms with Crippen LogP contribution in [0.3, 0.4) is 0 Å². The van der Waals surface area contributed by atoms with E-state index in [0.29, 0.717) is 0 Å². The first-order valence-electron chi connectivity index (χ1n) is 7.41. The number of likely N-dealkylation sites (tertiary alicyclic amines) is 1. The first-order chi connectivity index (χ1) is 9.00. The molecule has 19 heavy (non-hydrogen) atoms. The molecular weight excluding hydrogens is 238 g/mol. The summed E-state index contributed by atoms with van der Waals surface area (Å²) in [6.07, 6.45) is 9.18. The molecule has 1 aliphatic heterocycles. The van der Waals surface area contributed by atoms with Gasteiger partial charge >= 0.3 is 0 Å². The van der Waals surface area contributed by atoms with E-state index in [1.807, 2.05) is 24.1 Å². The molecule has 1 aromatic heterocycles. The van der Waals surface area contributed by atoms with E-state index in [4.69, 9.17) is 0 Å². The smallest absolute Gasteiger partial charge is 0.0721 e. The predicted octanol–water partition coefficient (Wildman–Crippen LogP) is 1.98. The third-order valence-electron chi connectivity index (χ3n) is 4.45. The van der Waals surface area contributed by atoms with Crippen molar-refractivity contribution in [2.24, 2.45) is 7.05 Å². The third-order valence-corrected chi connectivity index (χ3v) is 4.45. The summed E-state index contributed by atoms with van der Waals surface area (Å²) in [4.78, 5) is 2.45. The van der Waals surface area contributed by atoms with Crippen molar-refractivity contribution in [2.75, 3.05) is 13.1 Å². The molecular formula is C15H27N3O. The molecule has 0 aromatic carbocycles. The largest absolute Gasteiger partial charge is 0.391 e. The molecule has 4 heteroatoms. The monoisotopic (exact) mass is 265 g/mol. The van der Waals surface area contributed by atoms with Gasteiger partial charge in [0, 0.05) is 18.8 Å². The van der Waals surface area contributed by atoms with E-state index in [1.165, 1.54) is 24.8 Å². The molecule has 0 amide bonds. The zero-order chi connectivity index (χ0) is 13.9. The highest BCUT2D eigenvalue weighted by molar-refractivity contribution is 5.04. The van der Waals surface area contributed by atoms with Gasteiger partial charge in [-0.3, -0.25) is 9.58 Å². The summed E-state index contributed by atoms with van der Waals surface area (Å²) in [5.74, 6) is 0. The average molecular weight is 265 g/mol. The standard InChI is InChI=1S/C15H27N3O/c1-15(2,18-9-5-4-6-10-18)14(19)8-7-13-11-16-17(3)12-13/h11-12,14,19H,4-10H2,1-3H3. The Bertz CT molecular complexity index is 394. The second-order valence-electron chi connectivity index (χ2n) is 6.28. The van der Waals surface area contributed by atoms with E-state index in [2.05, 4.69) is 23.8 Å². The van der Waals surface area contributed by atoms with Gasteiger partial charge in [0.2, 0.25) is 0 Å². The number of aliphatic hydroxyl groups is 1. The minimum absolute atomic E-state index is 0.122. The summed E-state index contributed by atoms with van der Waals surface area (Å²) in [6.45, 7) is 6.59. The SMILES string of the molecule is Cn1cc(CCC(O)C(C)(C)N2CCCCC2)cn1. The second-order valence-corrected chi connectivity index (χ2v) is 6.28. The van der Waals surface area contributed by atoms with Crippen LogP contribution in [0.25, 0.3) is 0 Å². The van der Waals surface area contributed by atoms with E-state index in [1.54, 1.807) is 0 Å². The molecule has 1 fully saturated rings. The third kappa shape index (κ3) is 3.57. The highest BCUT2D eigenvalue weighted by Gasteiger charge is 2.34. The number of aliphatic hydroxyl groups excluding tert-OH is 1. The minimum Gasteiger partial charge on any atom is -0.391 e. The molecule has 0 bridgehead atoms. The zero-order valence-corrected chi connectivity index (χ0v) is 12.5. The fraction of sp³-hybridized carbons (Fsp3) is 0.800. The summed E-state index contributed by atoms with van der Waals surface area (Å²) in [5.41, 5.74) is 1.08. The Balaban J connectivity index is 1.88. The molecule has 1 unspecified atom stereocenters. The maximum Gasteiger partial charge on any atom is 0.0721 e. The number of aryl methyl sites for hydroxylation is 2. The second kappa shape index (κ2) is 6.06. The number of hydrogen-bond donors (Lipinski definition) is 1. The minimum atomic E-state index is -0.286. The predicted molar refractivity (Wildman–Crippen MR) is 77.0 cm³/mol. The lowest BCUT2D eigenvalue weighted by molar-refractivity contribution is -0.0228. The van der Waals surface area contributed by atoms with Crippen LogP contribution in [0.5, 0.6) is 0 Å². The molecule has 4 nitrogen and oxygen atoms in total. The Morgan fingerprint density at radius 1 is 1.32 bits per heavy atom. The van der Waals surface area contributed by atoms with Crippen LogP contribution < -0.4 is 0 Å². The average Bonchev–Trinajstić information content (AvgIpc) is 2.82. The first kappa shape index (κ1) is 14.5. The lowest BCUT2D eigenvalue weighted by atomic mass is 9.89. The maximum atomic E-state index is 10.5. The Morgan fingerprint density at radius 2 is 2.00 bits per heavy atom. The van der Waals surface area contributed by atoms with Crippen molar-refractivity contribution in [1.82, 2.24) is 14.7 Å². The van der Waals surface area contributed by atoms with Crippen LogP contribution in [0.1, 0.15) is 45.1 Å². The number of nitrogens with zero attached hydrogens (tertiary/aromatic N) is 3. The van der Waals surface area contributed by atoms with Gasteiger partial charge in [-0.25, -0.2) is 0 Å². The van der Waals surface area contributed by atoms with Gasteiger partial charge in [0.25, 0.3) is 0 Å². The van der Waals surface area contributed by atoms with E-state index in [9.17, 15) is 5.11 Å². The van der Waals surface area contributed by atoms with Crippen LogP contribution in [0.4, 0.5) is 0 Å². The lowest BCUT2D eigenvalue weighted by Gasteiger charge is -2.44. The molecule has 1 aliphatic rings. The van der Waals surface area contributed by atoms with Gasteiger partial charge in [-0.05, 0) is 58.2 Å².